The van der Waals surface area contributed by atoms with Crippen LogP contribution in [-0.2, 0) is 22.7 Å². The molecule has 0 bridgehead atoms. The van der Waals surface area contributed by atoms with E-state index in [9.17, 15) is 14.0 Å². The monoisotopic (exact) mass is 629 g/mol. The largest absolute Gasteiger partial charge is 0.489 e. The minimum atomic E-state index is -0.685. The molecule has 0 N–H and O–H groups in total. The van der Waals surface area contributed by atoms with Crippen LogP contribution < -0.4 is 4.74 Å². The zero-order chi connectivity index (χ0) is 33.0. The molecule has 5 nitrogen and oxygen atoms in total. The van der Waals surface area contributed by atoms with E-state index in [1.165, 1.54) is 31.4 Å². The molecule has 0 radical (unpaired) electrons. The van der Waals surface area contributed by atoms with Crippen molar-refractivity contribution in [1.82, 2.24) is 4.90 Å². The van der Waals surface area contributed by atoms with E-state index in [1.54, 1.807) is 0 Å². The quantitative estimate of drug-likeness (QED) is 0.0854. The summed E-state index contributed by atoms with van der Waals surface area (Å²) >= 11 is 0. The number of nitrogens with zero attached hydrogens (tertiary/aromatic N) is 1. The summed E-state index contributed by atoms with van der Waals surface area (Å²) in [5.74, 6) is -0.937. The minimum Gasteiger partial charge on any atom is -0.489 e. The normalized spacial score (nSPS) is 13.0. The van der Waals surface area contributed by atoms with Gasteiger partial charge in [0.1, 0.15) is 18.2 Å². The third-order valence-corrected chi connectivity index (χ3v) is 8.55. The van der Waals surface area contributed by atoms with Crippen molar-refractivity contribution in [2.45, 2.75) is 45.0 Å². The summed E-state index contributed by atoms with van der Waals surface area (Å²) in [7, 11) is 1.39. The summed E-state index contributed by atoms with van der Waals surface area (Å²) in [5, 5.41) is 0. The lowest BCUT2D eigenvalue weighted by molar-refractivity contribution is -0.149. The molecule has 0 aliphatic carbocycles. The molecule has 0 amide bonds. The Hall–Kier alpha value is -5.07. The van der Waals surface area contributed by atoms with Crippen LogP contribution in [0.15, 0.2) is 140 Å². The lowest BCUT2D eigenvalue weighted by Crippen LogP contribution is -2.39. The number of carbonyl (C=O) groups is 2. The van der Waals surface area contributed by atoms with Gasteiger partial charge in [0.2, 0.25) is 0 Å². The zero-order valence-electron chi connectivity index (χ0n) is 26.8. The molecule has 0 saturated heterocycles. The molecule has 0 saturated carbocycles. The van der Waals surface area contributed by atoms with Gasteiger partial charge in [-0.2, -0.15) is 0 Å². The number of ether oxygens (including phenoxy) is 2. The molecule has 5 rings (SSSR count). The second-order valence-electron chi connectivity index (χ2n) is 11.6. The van der Waals surface area contributed by atoms with Crippen LogP contribution in [0.1, 0.15) is 64.5 Å². The SMILES string of the molecule is COC(=O)[C@@H](CCC(=O)c1ccc(F)cc1)[C@@H](c1ccc(OCc2ccccc2)cc1)N(Cc1ccccc1)[C@H](C)c1ccccc1. The average molecular weight is 630 g/mol. The molecule has 0 heterocycles. The second-order valence-corrected chi connectivity index (χ2v) is 11.6. The number of esters is 1. The Morgan fingerprint density at radius 1 is 0.702 bits per heavy atom. The van der Waals surface area contributed by atoms with Crippen LogP contribution in [0.25, 0.3) is 0 Å². The van der Waals surface area contributed by atoms with E-state index >= 15 is 0 Å². The Balaban J connectivity index is 1.53. The Labute approximate surface area is 276 Å². The highest BCUT2D eigenvalue weighted by Gasteiger charge is 2.37. The first-order valence-corrected chi connectivity index (χ1v) is 15.9. The number of ketones is 1. The lowest BCUT2D eigenvalue weighted by Gasteiger charge is -2.40. The van der Waals surface area contributed by atoms with Crippen LogP contribution in [0.4, 0.5) is 4.39 Å². The van der Waals surface area contributed by atoms with Crippen LogP contribution in [0.3, 0.4) is 0 Å². The Kier molecular flexibility index (Phi) is 11.7. The van der Waals surface area contributed by atoms with Gasteiger partial charge in [0.25, 0.3) is 0 Å². The highest BCUT2D eigenvalue weighted by molar-refractivity contribution is 5.96. The number of halogens is 1. The maximum atomic E-state index is 13.7. The van der Waals surface area contributed by atoms with Crippen molar-refractivity contribution in [3.63, 3.8) is 0 Å². The first-order valence-electron chi connectivity index (χ1n) is 15.9. The van der Waals surface area contributed by atoms with Gasteiger partial charge in [-0.1, -0.05) is 103 Å². The Bertz CT molecular complexity index is 1690. The van der Waals surface area contributed by atoms with E-state index in [0.717, 1.165) is 22.3 Å². The fourth-order valence-corrected chi connectivity index (χ4v) is 5.97. The first-order chi connectivity index (χ1) is 22.9. The summed E-state index contributed by atoms with van der Waals surface area (Å²) in [6.07, 6.45) is 0.339. The Morgan fingerprint density at radius 3 is 1.87 bits per heavy atom. The standard InChI is InChI=1S/C41H40FNO4/c1-30(33-16-10-5-11-17-33)43(28-31-12-6-3-7-13-31)40(35-20-24-37(25-21-35)47-29-32-14-8-4-9-15-32)38(41(45)46-2)26-27-39(44)34-18-22-36(42)23-19-34/h3-25,30,38,40H,26-29H2,1-2H3/t30-,38+,40-/m1/s1. The highest BCUT2D eigenvalue weighted by Crippen LogP contribution is 2.40. The van der Waals surface area contributed by atoms with Crippen molar-refractivity contribution in [2.24, 2.45) is 5.92 Å². The van der Waals surface area contributed by atoms with Gasteiger partial charge in [0, 0.05) is 30.6 Å². The molecule has 0 aliphatic rings. The van der Waals surface area contributed by atoms with Crippen LogP contribution in [-0.4, -0.2) is 23.8 Å². The zero-order valence-corrected chi connectivity index (χ0v) is 26.8. The molecule has 47 heavy (non-hydrogen) atoms. The summed E-state index contributed by atoms with van der Waals surface area (Å²) in [5.41, 5.74) is 4.57. The molecule has 0 aliphatic heterocycles. The average Bonchev–Trinajstić information content (AvgIpc) is 3.13. The van der Waals surface area contributed by atoms with E-state index in [2.05, 4.69) is 36.1 Å². The molecule has 0 unspecified atom stereocenters. The first kappa shape index (κ1) is 33.3. The van der Waals surface area contributed by atoms with Gasteiger partial charge in [0.05, 0.1) is 13.0 Å². The predicted octanol–water partition coefficient (Wildman–Crippen LogP) is 9.16. The van der Waals surface area contributed by atoms with Crippen molar-refractivity contribution >= 4 is 11.8 Å². The molecule has 6 heteroatoms. The van der Waals surface area contributed by atoms with Crippen molar-refractivity contribution in [3.8, 4) is 5.75 Å². The van der Waals surface area contributed by atoms with Gasteiger partial charge in [-0.15, -0.1) is 0 Å². The molecule has 5 aromatic carbocycles. The molecule has 3 atom stereocenters. The topological polar surface area (TPSA) is 55.8 Å². The van der Waals surface area contributed by atoms with E-state index < -0.39 is 23.7 Å². The summed E-state index contributed by atoms with van der Waals surface area (Å²) < 4.78 is 25.1. The van der Waals surface area contributed by atoms with E-state index in [4.69, 9.17) is 9.47 Å². The number of carbonyl (C=O) groups excluding carboxylic acids is 2. The molecular formula is C41H40FNO4. The van der Waals surface area contributed by atoms with Crippen LogP contribution in [0, 0.1) is 11.7 Å². The summed E-state index contributed by atoms with van der Waals surface area (Å²) in [4.78, 5) is 29.3. The number of methoxy groups -OCH3 is 1. The summed E-state index contributed by atoms with van der Waals surface area (Å²) in [6.45, 7) is 3.12. The predicted molar refractivity (Wildman–Crippen MR) is 182 cm³/mol. The van der Waals surface area contributed by atoms with Crippen molar-refractivity contribution in [3.05, 3.63) is 173 Å². The molecule has 0 spiro atoms. The van der Waals surface area contributed by atoms with Crippen molar-refractivity contribution in [1.29, 1.82) is 0 Å². The van der Waals surface area contributed by atoms with Gasteiger partial charge in [-0.05, 0) is 72.0 Å². The van der Waals surface area contributed by atoms with Crippen LogP contribution in [0.2, 0.25) is 0 Å². The number of rotatable bonds is 15. The van der Waals surface area contributed by atoms with E-state index in [0.29, 0.717) is 24.5 Å². The molecule has 0 aromatic heterocycles. The number of benzene rings is 5. The third-order valence-electron chi connectivity index (χ3n) is 8.55. The fourth-order valence-electron chi connectivity index (χ4n) is 5.97. The second kappa shape index (κ2) is 16.5. The fraction of sp³-hybridized carbons (Fsp3) is 0.220. The maximum absolute atomic E-state index is 13.7. The number of Topliss-reactive ketones (excluding diaryl/α,β-unsaturated/α-hetero) is 1. The molecule has 0 fully saturated rings. The highest BCUT2D eigenvalue weighted by atomic mass is 19.1. The summed E-state index contributed by atoms with van der Waals surface area (Å²) in [6, 6.07) is 43.1. The van der Waals surface area contributed by atoms with E-state index in [-0.39, 0.29) is 24.7 Å². The van der Waals surface area contributed by atoms with Crippen molar-refractivity contribution in [2.75, 3.05) is 7.11 Å². The van der Waals surface area contributed by atoms with Crippen LogP contribution in [0.5, 0.6) is 5.75 Å². The Morgan fingerprint density at radius 2 is 1.28 bits per heavy atom. The van der Waals surface area contributed by atoms with Crippen molar-refractivity contribution < 1.29 is 23.5 Å². The van der Waals surface area contributed by atoms with Gasteiger partial charge in [-0.25, -0.2) is 4.39 Å². The maximum Gasteiger partial charge on any atom is 0.310 e. The number of hydrogen-bond acceptors (Lipinski definition) is 5. The number of hydrogen-bond donors (Lipinski definition) is 0. The van der Waals surface area contributed by atoms with Gasteiger partial charge in [0.15, 0.2) is 5.78 Å². The molecular weight excluding hydrogens is 589 g/mol. The third kappa shape index (κ3) is 9.02. The molecule has 240 valence electrons. The van der Waals surface area contributed by atoms with E-state index in [1.807, 2.05) is 91.0 Å². The van der Waals surface area contributed by atoms with Gasteiger partial charge >= 0.3 is 5.97 Å². The smallest absolute Gasteiger partial charge is 0.310 e. The molecule has 5 aromatic rings. The van der Waals surface area contributed by atoms with Gasteiger partial charge < -0.3 is 9.47 Å². The van der Waals surface area contributed by atoms with Gasteiger partial charge in [-0.3, -0.25) is 14.5 Å². The lowest BCUT2D eigenvalue weighted by atomic mass is 9.85. The minimum absolute atomic E-state index is 0.0963. The van der Waals surface area contributed by atoms with Crippen LogP contribution >= 0.6 is 0 Å².